The minimum atomic E-state index is -0.635. The van der Waals surface area contributed by atoms with Crippen LogP contribution in [0.3, 0.4) is 0 Å². The van der Waals surface area contributed by atoms with Crippen LogP contribution in [0.5, 0.6) is 0 Å². The molecule has 0 fully saturated rings. The summed E-state index contributed by atoms with van der Waals surface area (Å²) in [5.41, 5.74) is 0.410. The number of rotatable bonds is 8. The largest absolute Gasteiger partial charge is 0.468 e. The number of ether oxygens (including phenoxy) is 1. The number of carbonyl (C=O) groups excluding carboxylic acids is 1. The van der Waals surface area contributed by atoms with Gasteiger partial charge in [-0.15, -0.1) is 11.3 Å². The number of thioether (sulfide) groups is 1. The molecule has 0 bridgehead atoms. The maximum atomic E-state index is 12.0. The summed E-state index contributed by atoms with van der Waals surface area (Å²) in [6.07, 6.45) is 1.70. The third-order valence-electron chi connectivity index (χ3n) is 3.00. The maximum Gasteiger partial charge on any atom is 0.325 e. The van der Waals surface area contributed by atoms with E-state index >= 15 is 0 Å². The third-order valence-corrected chi connectivity index (χ3v) is 5.19. The van der Waals surface area contributed by atoms with E-state index in [4.69, 9.17) is 4.74 Å². The zero-order chi connectivity index (χ0) is 15.2. The van der Waals surface area contributed by atoms with Crippen molar-refractivity contribution in [1.29, 1.82) is 0 Å². The van der Waals surface area contributed by atoms with Gasteiger partial charge in [0, 0.05) is 16.3 Å². The zero-order valence-corrected chi connectivity index (χ0v) is 14.5. The second kappa shape index (κ2) is 8.00. The number of nitrogens with zero attached hydrogens (tertiary/aromatic N) is 1. The molecule has 0 aliphatic rings. The molecule has 1 aromatic heterocycles. The van der Waals surface area contributed by atoms with Crippen LogP contribution in [0.1, 0.15) is 39.3 Å². The molecule has 4 nitrogen and oxygen atoms in total. The van der Waals surface area contributed by atoms with Crippen molar-refractivity contribution in [3.63, 3.8) is 0 Å². The lowest BCUT2D eigenvalue weighted by Crippen LogP contribution is -2.51. The second-order valence-electron chi connectivity index (χ2n) is 5.14. The van der Waals surface area contributed by atoms with Gasteiger partial charge in [-0.2, -0.15) is 0 Å². The molecule has 2 unspecified atom stereocenters. The van der Waals surface area contributed by atoms with Crippen molar-refractivity contribution in [2.45, 2.75) is 55.7 Å². The highest BCUT2D eigenvalue weighted by atomic mass is 32.2. The quantitative estimate of drug-likeness (QED) is 0.589. The van der Waals surface area contributed by atoms with E-state index in [2.05, 4.69) is 24.1 Å². The molecule has 1 N–H and O–H groups in total. The van der Waals surface area contributed by atoms with Crippen LogP contribution in [0.4, 0.5) is 0 Å². The van der Waals surface area contributed by atoms with E-state index in [1.165, 1.54) is 7.11 Å². The van der Waals surface area contributed by atoms with Crippen molar-refractivity contribution in [2.24, 2.45) is 0 Å². The lowest BCUT2D eigenvalue weighted by molar-refractivity contribution is -0.148. The van der Waals surface area contributed by atoms with E-state index in [0.717, 1.165) is 23.0 Å². The van der Waals surface area contributed by atoms with Gasteiger partial charge in [0.25, 0.3) is 0 Å². The zero-order valence-electron chi connectivity index (χ0n) is 12.9. The highest BCUT2D eigenvalue weighted by Gasteiger charge is 2.35. The number of nitrogens with one attached hydrogen (secondary N) is 1. The molecule has 6 heteroatoms. The predicted octanol–water partition coefficient (Wildman–Crippen LogP) is 3.25. The van der Waals surface area contributed by atoms with Gasteiger partial charge < -0.3 is 10.1 Å². The van der Waals surface area contributed by atoms with E-state index in [-0.39, 0.29) is 11.2 Å². The molecule has 20 heavy (non-hydrogen) atoms. The average Bonchev–Trinajstić information content (AvgIpc) is 2.80. The van der Waals surface area contributed by atoms with Crippen LogP contribution >= 0.6 is 23.1 Å². The molecule has 1 rings (SSSR count). The highest BCUT2D eigenvalue weighted by Crippen LogP contribution is 2.31. The molecule has 1 aromatic rings. The van der Waals surface area contributed by atoms with E-state index in [1.54, 1.807) is 23.1 Å². The summed E-state index contributed by atoms with van der Waals surface area (Å²) < 4.78 is 6.00. The molecule has 0 saturated heterocycles. The van der Waals surface area contributed by atoms with Crippen LogP contribution in [0, 0.1) is 6.92 Å². The van der Waals surface area contributed by atoms with E-state index in [9.17, 15) is 4.79 Å². The Bertz CT molecular complexity index is 437. The van der Waals surface area contributed by atoms with Gasteiger partial charge in [0.1, 0.15) is 9.88 Å². The van der Waals surface area contributed by atoms with E-state index in [0.29, 0.717) is 6.42 Å². The Morgan fingerprint density at radius 1 is 1.65 bits per heavy atom. The summed E-state index contributed by atoms with van der Waals surface area (Å²) in [7, 11) is 1.44. The van der Waals surface area contributed by atoms with Crippen molar-refractivity contribution in [1.82, 2.24) is 10.3 Å². The molecule has 0 aromatic carbocycles. The second-order valence-corrected chi connectivity index (χ2v) is 7.68. The van der Waals surface area contributed by atoms with Crippen molar-refractivity contribution in [2.75, 3.05) is 13.7 Å². The highest BCUT2D eigenvalue weighted by molar-refractivity contribution is 8.01. The molecule has 0 spiro atoms. The molecule has 2 atom stereocenters. The Hall–Kier alpha value is -0.590. The van der Waals surface area contributed by atoms with Crippen LogP contribution in [-0.2, 0) is 9.53 Å². The van der Waals surface area contributed by atoms with Gasteiger partial charge in [-0.3, -0.25) is 4.79 Å². The number of hydrogen-bond donors (Lipinski definition) is 1. The molecular weight excluding hydrogens is 292 g/mol. The Morgan fingerprint density at radius 2 is 2.35 bits per heavy atom. The van der Waals surface area contributed by atoms with Gasteiger partial charge in [0.15, 0.2) is 0 Å². The normalized spacial score (nSPS) is 15.7. The van der Waals surface area contributed by atoms with Gasteiger partial charge in [0.05, 0.1) is 7.11 Å². The third kappa shape index (κ3) is 5.07. The summed E-state index contributed by atoms with van der Waals surface area (Å²) in [6.45, 7) is 8.92. The fraction of sp³-hybridized carbons (Fsp3) is 0.714. The number of methoxy groups -OCH3 is 1. The van der Waals surface area contributed by atoms with E-state index in [1.807, 2.05) is 19.2 Å². The smallest absolute Gasteiger partial charge is 0.325 e. The minimum absolute atomic E-state index is 0.200. The number of aryl methyl sites for hydroxylation is 1. The summed E-state index contributed by atoms with van der Waals surface area (Å²) >= 11 is 3.36. The molecule has 1 heterocycles. The molecule has 0 radical (unpaired) electrons. The van der Waals surface area contributed by atoms with Crippen LogP contribution in [0.15, 0.2) is 9.72 Å². The molecule has 0 saturated carbocycles. The predicted molar refractivity (Wildman–Crippen MR) is 85.5 cm³/mol. The molecule has 0 amide bonds. The molecule has 114 valence electrons. The van der Waals surface area contributed by atoms with Crippen molar-refractivity contribution < 1.29 is 9.53 Å². The molecular formula is C14H24N2O2S2. The monoisotopic (exact) mass is 316 g/mol. The number of esters is 1. The van der Waals surface area contributed by atoms with Crippen molar-refractivity contribution in [3.8, 4) is 0 Å². The number of thiazole rings is 1. The maximum absolute atomic E-state index is 12.0. The molecule has 0 aliphatic carbocycles. The van der Waals surface area contributed by atoms with Crippen molar-refractivity contribution in [3.05, 3.63) is 11.1 Å². The van der Waals surface area contributed by atoms with Crippen LogP contribution in [0.2, 0.25) is 0 Å². The Labute approximate surface area is 129 Å². The summed E-state index contributed by atoms with van der Waals surface area (Å²) in [6, 6.07) is 0. The lowest BCUT2D eigenvalue weighted by Gasteiger charge is -2.30. The van der Waals surface area contributed by atoms with Crippen LogP contribution in [-0.4, -0.2) is 35.4 Å². The summed E-state index contributed by atoms with van der Waals surface area (Å²) in [5.74, 6) is -0.200. The fourth-order valence-electron chi connectivity index (χ4n) is 2.03. The van der Waals surface area contributed by atoms with Crippen molar-refractivity contribution >= 4 is 29.1 Å². The summed E-state index contributed by atoms with van der Waals surface area (Å²) in [4.78, 5) is 16.5. The first-order valence-corrected chi connectivity index (χ1v) is 8.59. The Morgan fingerprint density at radius 3 is 2.85 bits per heavy atom. The first-order chi connectivity index (χ1) is 9.41. The number of hydrogen-bond acceptors (Lipinski definition) is 6. The first kappa shape index (κ1) is 17.5. The Balaban J connectivity index is 2.65. The average molecular weight is 316 g/mol. The van der Waals surface area contributed by atoms with Crippen LogP contribution < -0.4 is 5.32 Å². The van der Waals surface area contributed by atoms with Gasteiger partial charge in [-0.1, -0.05) is 25.6 Å². The first-order valence-electron chi connectivity index (χ1n) is 6.83. The Kier molecular flexibility index (Phi) is 6.99. The van der Waals surface area contributed by atoms with Gasteiger partial charge in [0.2, 0.25) is 0 Å². The van der Waals surface area contributed by atoms with Gasteiger partial charge >= 0.3 is 5.97 Å². The van der Waals surface area contributed by atoms with Gasteiger partial charge in [-0.05, 0) is 33.2 Å². The lowest BCUT2D eigenvalue weighted by atomic mass is 9.96. The number of aromatic nitrogens is 1. The fourth-order valence-corrected chi connectivity index (χ4v) is 4.37. The standard InChI is InChI=1S/C14H24N2O2S2/c1-6-7-15-14(4,12(17)18-5)8-11(3)20-13-16-10(2)9-19-13/h9,11,15H,6-8H2,1-5H3. The topological polar surface area (TPSA) is 51.2 Å². The van der Waals surface area contributed by atoms with Crippen LogP contribution in [0.25, 0.3) is 0 Å². The van der Waals surface area contributed by atoms with Gasteiger partial charge in [-0.25, -0.2) is 4.98 Å². The van der Waals surface area contributed by atoms with E-state index < -0.39 is 5.54 Å². The molecule has 0 aliphatic heterocycles. The minimum Gasteiger partial charge on any atom is -0.468 e. The summed E-state index contributed by atoms with van der Waals surface area (Å²) in [5, 5.41) is 5.65. The SMILES string of the molecule is CCCNC(C)(CC(C)Sc1nc(C)cs1)C(=O)OC. The number of carbonyl (C=O) groups is 1.